The van der Waals surface area contributed by atoms with Crippen molar-refractivity contribution in [1.82, 2.24) is 9.80 Å². The van der Waals surface area contributed by atoms with E-state index in [0.717, 1.165) is 30.2 Å². The molecule has 1 aliphatic rings. The second-order valence-electron chi connectivity index (χ2n) is 6.53. The zero-order valence-electron chi connectivity index (χ0n) is 15.2. The standard InChI is InChI=1S/C18H30N2O4/c1-5-23-12-16(21)11-19-6-8-20(9-7-19)18(22)14(3)17-10-13(2)24-15(17)4/h10,14,16,21H,5-9,11-12H2,1-4H3/t14-,16-/m0/s1. The third-order valence-electron chi connectivity index (χ3n) is 4.58. The Balaban J connectivity index is 1.83. The van der Waals surface area contributed by atoms with E-state index in [4.69, 9.17) is 9.15 Å². The van der Waals surface area contributed by atoms with Crippen LogP contribution < -0.4 is 0 Å². The lowest BCUT2D eigenvalue weighted by Crippen LogP contribution is -2.51. The maximum Gasteiger partial charge on any atom is 0.230 e. The quantitative estimate of drug-likeness (QED) is 0.817. The van der Waals surface area contributed by atoms with Crippen molar-refractivity contribution in [3.05, 3.63) is 23.2 Å². The maximum atomic E-state index is 12.7. The highest BCUT2D eigenvalue weighted by molar-refractivity contribution is 5.83. The number of nitrogens with zero attached hydrogens (tertiary/aromatic N) is 2. The topological polar surface area (TPSA) is 66.2 Å². The van der Waals surface area contributed by atoms with Crippen LogP contribution in [0.15, 0.2) is 10.5 Å². The van der Waals surface area contributed by atoms with Gasteiger partial charge in [0.1, 0.15) is 11.5 Å². The van der Waals surface area contributed by atoms with Gasteiger partial charge in [-0.1, -0.05) is 0 Å². The fourth-order valence-electron chi connectivity index (χ4n) is 3.24. The highest BCUT2D eigenvalue weighted by Gasteiger charge is 2.28. The van der Waals surface area contributed by atoms with E-state index in [0.29, 0.717) is 32.8 Å². The van der Waals surface area contributed by atoms with E-state index in [1.54, 1.807) is 0 Å². The summed E-state index contributed by atoms with van der Waals surface area (Å²) in [6.07, 6.45) is -0.470. The Morgan fingerprint density at radius 1 is 1.33 bits per heavy atom. The summed E-state index contributed by atoms with van der Waals surface area (Å²) in [5.74, 6) is 1.63. The van der Waals surface area contributed by atoms with Crippen molar-refractivity contribution in [1.29, 1.82) is 0 Å². The number of aryl methyl sites for hydroxylation is 2. The number of β-amino-alcohol motifs (C(OH)–C–C–N with tert-alkyl or cyclic N) is 1. The summed E-state index contributed by atoms with van der Waals surface area (Å²) >= 11 is 0. The summed E-state index contributed by atoms with van der Waals surface area (Å²) in [7, 11) is 0. The molecule has 0 aromatic carbocycles. The van der Waals surface area contributed by atoms with Crippen molar-refractivity contribution in [3.8, 4) is 0 Å². The van der Waals surface area contributed by atoms with Gasteiger partial charge in [-0.15, -0.1) is 0 Å². The van der Waals surface area contributed by atoms with Crippen LogP contribution >= 0.6 is 0 Å². The molecule has 1 saturated heterocycles. The van der Waals surface area contributed by atoms with E-state index in [9.17, 15) is 9.90 Å². The van der Waals surface area contributed by atoms with Crippen molar-refractivity contribution in [2.45, 2.75) is 39.7 Å². The molecular weight excluding hydrogens is 308 g/mol. The summed E-state index contributed by atoms with van der Waals surface area (Å²) in [5, 5.41) is 9.92. The molecule has 2 rings (SSSR count). The third kappa shape index (κ3) is 4.82. The van der Waals surface area contributed by atoms with Gasteiger partial charge in [0.15, 0.2) is 0 Å². The van der Waals surface area contributed by atoms with Crippen molar-refractivity contribution < 1.29 is 19.1 Å². The second kappa shape index (κ2) is 8.65. The summed E-state index contributed by atoms with van der Waals surface area (Å²) in [6, 6.07) is 1.96. The summed E-state index contributed by atoms with van der Waals surface area (Å²) in [5.41, 5.74) is 0.979. The molecule has 0 unspecified atom stereocenters. The summed E-state index contributed by atoms with van der Waals surface area (Å²) in [4.78, 5) is 16.8. The normalized spacial score (nSPS) is 18.6. The number of aliphatic hydroxyl groups is 1. The Bertz CT molecular complexity index is 535. The first-order valence-corrected chi connectivity index (χ1v) is 8.76. The van der Waals surface area contributed by atoms with E-state index < -0.39 is 6.10 Å². The number of hydrogen-bond acceptors (Lipinski definition) is 5. The van der Waals surface area contributed by atoms with Crippen LogP contribution in [0, 0.1) is 13.8 Å². The molecule has 1 aliphatic heterocycles. The number of aliphatic hydroxyl groups excluding tert-OH is 1. The molecule has 1 aromatic heterocycles. The molecule has 24 heavy (non-hydrogen) atoms. The van der Waals surface area contributed by atoms with E-state index >= 15 is 0 Å². The third-order valence-corrected chi connectivity index (χ3v) is 4.58. The first kappa shape index (κ1) is 19.0. The van der Waals surface area contributed by atoms with Gasteiger partial charge in [0.05, 0.1) is 18.6 Å². The molecule has 0 saturated carbocycles. The average Bonchev–Trinajstić information content (AvgIpc) is 2.90. The van der Waals surface area contributed by atoms with Crippen LogP contribution in [0.2, 0.25) is 0 Å². The molecule has 1 N–H and O–H groups in total. The van der Waals surface area contributed by atoms with Crippen LogP contribution in [0.25, 0.3) is 0 Å². The van der Waals surface area contributed by atoms with Gasteiger partial charge in [0, 0.05) is 44.9 Å². The SMILES string of the molecule is CCOC[C@@H](O)CN1CCN(C(=O)[C@@H](C)c2cc(C)oc2C)CC1. The minimum absolute atomic E-state index is 0.147. The monoisotopic (exact) mass is 338 g/mol. The molecule has 1 amide bonds. The maximum absolute atomic E-state index is 12.7. The molecule has 0 spiro atoms. The zero-order valence-corrected chi connectivity index (χ0v) is 15.2. The van der Waals surface area contributed by atoms with E-state index in [1.165, 1.54) is 0 Å². The highest BCUT2D eigenvalue weighted by Crippen LogP contribution is 2.25. The number of hydrogen-bond donors (Lipinski definition) is 1. The number of carbonyl (C=O) groups is 1. The zero-order chi connectivity index (χ0) is 17.7. The fourth-order valence-corrected chi connectivity index (χ4v) is 3.24. The van der Waals surface area contributed by atoms with Gasteiger partial charge in [-0.25, -0.2) is 0 Å². The lowest BCUT2D eigenvalue weighted by atomic mass is 9.99. The fraction of sp³-hybridized carbons (Fsp3) is 0.722. The van der Waals surface area contributed by atoms with E-state index in [1.807, 2.05) is 38.7 Å². The molecule has 0 radical (unpaired) electrons. The van der Waals surface area contributed by atoms with Crippen molar-refractivity contribution in [2.75, 3.05) is 45.9 Å². The van der Waals surface area contributed by atoms with Gasteiger partial charge in [-0.05, 0) is 33.8 Å². The van der Waals surface area contributed by atoms with Crippen LogP contribution in [0.5, 0.6) is 0 Å². The van der Waals surface area contributed by atoms with Gasteiger partial charge < -0.3 is 19.2 Å². The van der Waals surface area contributed by atoms with Gasteiger partial charge in [0.25, 0.3) is 0 Å². The number of carbonyl (C=O) groups excluding carboxylic acids is 1. The Kier molecular flexibility index (Phi) is 6.83. The van der Waals surface area contributed by atoms with Crippen LogP contribution in [0.1, 0.15) is 36.8 Å². The smallest absolute Gasteiger partial charge is 0.230 e. The van der Waals surface area contributed by atoms with E-state index in [-0.39, 0.29) is 11.8 Å². The lowest BCUT2D eigenvalue weighted by molar-refractivity contribution is -0.134. The number of rotatable bonds is 7. The molecule has 1 fully saturated rings. The molecule has 0 aliphatic carbocycles. The first-order chi connectivity index (χ1) is 11.4. The molecule has 2 atom stereocenters. The highest BCUT2D eigenvalue weighted by atomic mass is 16.5. The van der Waals surface area contributed by atoms with Gasteiger partial charge >= 0.3 is 0 Å². The number of amides is 1. The van der Waals surface area contributed by atoms with Crippen LogP contribution in [-0.4, -0.2) is 72.9 Å². The molecule has 0 bridgehead atoms. The van der Waals surface area contributed by atoms with Gasteiger partial charge in [0.2, 0.25) is 5.91 Å². The van der Waals surface area contributed by atoms with Crippen molar-refractivity contribution in [2.24, 2.45) is 0 Å². The Labute approximate surface area is 144 Å². The first-order valence-electron chi connectivity index (χ1n) is 8.76. The van der Waals surface area contributed by atoms with Gasteiger partial charge in [-0.2, -0.15) is 0 Å². The van der Waals surface area contributed by atoms with E-state index in [2.05, 4.69) is 4.90 Å². The molecule has 6 nitrogen and oxygen atoms in total. The Morgan fingerprint density at radius 2 is 2.00 bits per heavy atom. The van der Waals surface area contributed by atoms with Crippen LogP contribution in [0.3, 0.4) is 0 Å². The predicted octanol–water partition coefficient (Wildman–Crippen LogP) is 1.54. The molecule has 6 heteroatoms. The largest absolute Gasteiger partial charge is 0.466 e. The number of piperazine rings is 1. The summed E-state index contributed by atoms with van der Waals surface area (Å²) < 4.78 is 10.8. The Hall–Kier alpha value is -1.37. The number of ether oxygens (including phenoxy) is 1. The number of furan rings is 1. The molecule has 1 aromatic rings. The minimum Gasteiger partial charge on any atom is -0.466 e. The van der Waals surface area contributed by atoms with Gasteiger partial charge in [-0.3, -0.25) is 9.69 Å². The van der Waals surface area contributed by atoms with Crippen LogP contribution in [-0.2, 0) is 9.53 Å². The predicted molar refractivity (Wildman–Crippen MR) is 92.1 cm³/mol. The lowest BCUT2D eigenvalue weighted by Gasteiger charge is -2.36. The summed E-state index contributed by atoms with van der Waals surface area (Å²) in [6.45, 7) is 12.2. The second-order valence-corrected chi connectivity index (χ2v) is 6.53. The van der Waals surface area contributed by atoms with Crippen molar-refractivity contribution in [3.63, 3.8) is 0 Å². The van der Waals surface area contributed by atoms with Crippen molar-refractivity contribution >= 4 is 5.91 Å². The average molecular weight is 338 g/mol. The molecular formula is C18H30N2O4. The molecule has 2 heterocycles. The minimum atomic E-state index is -0.470. The Morgan fingerprint density at radius 3 is 2.54 bits per heavy atom. The van der Waals surface area contributed by atoms with Crippen LogP contribution in [0.4, 0.5) is 0 Å². The molecule has 136 valence electrons.